The molecule has 0 unspecified atom stereocenters. The molecule has 1 N–H and O–H groups in total. The molecule has 0 heterocycles. The lowest BCUT2D eigenvalue weighted by Gasteiger charge is -2.11. The second-order valence-corrected chi connectivity index (χ2v) is 6.28. The van der Waals surface area contributed by atoms with E-state index in [9.17, 15) is 4.79 Å². The summed E-state index contributed by atoms with van der Waals surface area (Å²) in [6.45, 7) is 0.887. The van der Waals surface area contributed by atoms with Gasteiger partial charge in [-0.1, -0.05) is 22.0 Å². The van der Waals surface area contributed by atoms with Crippen LogP contribution in [-0.4, -0.2) is 26.7 Å². The molecule has 2 aromatic carbocycles. The maximum absolute atomic E-state index is 12.0. The fourth-order valence-corrected chi connectivity index (χ4v) is 2.66. The third-order valence-electron chi connectivity index (χ3n) is 3.58. The molecule has 0 saturated heterocycles. The van der Waals surface area contributed by atoms with E-state index in [1.165, 1.54) is 0 Å². The van der Waals surface area contributed by atoms with Crippen molar-refractivity contribution in [3.63, 3.8) is 0 Å². The van der Waals surface area contributed by atoms with Crippen LogP contribution in [0.2, 0.25) is 0 Å². The molecule has 0 aromatic heterocycles. The fraction of sp³-hybridized carbons (Fsp3) is 0.316. The van der Waals surface area contributed by atoms with Crippen molar-refractivity contribution >= 4 is 21.8 Å². The number of methoxy groups -OCH3 is 2. The lowest BCUT2D eigenvalue weighted by Crippen LogP contribution is -2.23. The summed E-state index contributed by atoms with van der Waals surface area (Å²) in [7, 11) is 3.21. The van der Waals surface area contributed by atoms with E-state index in [0.29, 0.717) is 26.0 Å². The zero-order valence-electron chi connectivity index (χ0n) is 14.4. The number of carbonyl (C=O) groups excluding carboxylic acids is 1. The molecule has 0 aliphatic carbocycles. The van der Waals surface area contributed by atoms with Gasteiger partial charge in [-0.3, -0.25) is 4.79 Å². The number of benzene rings is 2. The first-order chi connectivity index (χ1) is 12.1. The van der Waals surface area contributed by atoms with Gasteiger partial charge in [0.05, 0.1) is 20.8 Å². The highest BCUT2D eigenvalue weighted by molar-refractivity contribution is 9.10. The minimum absolute atomic E-state index is 0.0253. The Bertz CT molecular complexity index is 706. The Labute approximate surface area is 156 Å². The van der Waals surface area contributed by atoms with Gasteiger partial charge in [0.15, 0.2) is 0 Å². The van der Waals surface area contributed by atoms with Crippen LogP contribution in [0.3, 0.4) is 0 Å². The maximum atomic E-state index is 12.0. The van der Waals surface area contributed by atoms with Crippen molar-refractivity contribution in [2.45, 2.75) is 19.4 Å². The highest BCUT2D eigenvalue weighted by Gasteiger charge is 2.07. The first-order valence-corrected chi connectivity index (χ1v) is 8.77. The average Bonchev–Trinajstić information content (AvgIpc) is 2.63. The second kappa shape index (κ2) is 9.93. The zero-order valence-corrected chi connectivity index (χ0v) is 16.0. The summed E-state index contributed by atoms with van der Waals surface area (Å²) >= 11 is 3.40. The number of halogens is 1. The van der Waals surface area contributed by atoms with Crippen LogP contribution in [0, 0.1) is 0 Å². The molecule has 0 spiro atoms. The molecular formula is C19H22BrNO4. The number of hydrogen-bond donors (Lipinski definition) is 1. The first-order valence-electron chi connectivity index (χ1n) is 7.98. The maximum Gasteiger partial charge on any atom is 0.220 e. The van der Waals surface area contributed by atoms with Crippen LogP contribution in [0.15, 0.2) is 46.9 Å². The molecule has 25 heavy (non-hydrogen) atoms. The Morgan fingerprint density at radius 1 is 1.08 bits per heavy atom. The summed E-state index contributed by atoms with van der Waals surface area (Å²) < 4.78 is 17.1. The summed E-state index contributed by atoms with van der Waals surface area (Å²) in [4.78, 5) is 12.0. The number of nitrogens with one attached hydrogen (secondary N) is 1. The van der Waals surface area contributed by atoms with Crippen molar-refractivity contribution in [1.82, 2.24) is 5.32 Å². The van der Waals surface area contributed by atoms with Crippen LogP contribution in [-0.2, 0) is 11.3 Å². The molecular weight excluding hydrogens is 386 g/mol. The van der Waals surface area contributed by atoms with Gasteiger partial charge in [-0.2, -0.15) is 0 Å². The van der Waals surface area contributed by atoms with E-state index in [-0.39, 0.29) is 5.91 Å². The van der Waals surface area contributed by atoms with Gasteiger partial charge in [-0.05, 0) is 42.8 Å². The van der Waals surface area contributed by atoms with Crippen molar-refractivity contribution < 1.29 is 19.0 Å². The summed E-state index contributed by atoms with van der Waals surface area (Å²) in [5, 5.41) is 2.90. The van der Waals surface area contributed by atoms with Gasteiger partial charge in [0.25, 0.3) is 0 Å². The lowest BCUT2D eigenvalue weighted by molar-refractivity contribution is -0.121. The molecule has 0 fully saturated rings. The van der Waals surface area contributed by atoms with Gasteiger partial charge in [-0.15, -0.1) is 0 Å². The van der Waals surface area contributed by atoms with Gasteiger partial charge in [0.2, 0.25) is 5.91 Å². The van der Waals surface area contributed by atoms with Crippen LogP contribution >= 0.6 is 15.9 Å². The quantitative estimate of drug-likeness (QED) is 0.639. The largest absolute Gasteiger partial charge is 0.497 e. The fourth-order valence-electron chi connectivity index (χ4n) is 2.28. The molecule has 2 aromatic rings. The summed E-state index contributed by atoms with van der Waals surface area (Å²) in [5.41, 5.74) is 0.876. The standard InChI is InChI=1S/C19H22BrNO4/c1-23-16-8-9-18(24-2)14(11-16)13-21-19(22)7-4-10-25-17-6-3-5-15(20)12-17/h3,5-6,8-9,11-12H,4,7,10,13H2,1-2H3,(H,21,22). The lowest BCUT2D eigenvalue weighted by atomic mass is 10.2. The predicted octanol–water partition coefficient (Wildman–Crippen LogP) is 3.94. The Morgan fingerprint density at radius 2 is 1.92 bits per heavy atom. The molecule has 1 amide bonds. The third kappa shape index (κ3) is 6.31. The van der Waals surface area contributed by atoms with E-state index in [1.807, 2.05) is 42.5 Å². The number of amides is 1. The van der Waals surface area contributed by atoms with E-state index < -0.39 is 0 Å². The van der Waals surface area contributed by atoms with Crippen molar-refractivity contribution in [3.8, 4) is 17.2 Å². The van der Waals surface area contributed by atoms with E-state index in [1.54, 1.807) is 14.2 Å². The third-order valence-corrected chi connectivity index (χ3v) is 4.07. The molecule has 6 heteroatoms. The topological polar surface area (TPSA) is 56.8 Å². The van der Waals surface area contributed by atoms with Gasteiger partial charge in [0.1, 0.15) is 17.2 Å². The molecule has 0 radical (unpaired) electrons. The molecule has 134 valence electrons. The Hall–Kier alpha value is -2.21. The normalized spacial score (nSPS) is 10.2. The smallest absolute Gasteiger partial charge is 0.220 e. The van der Waals surface area contributed by atoms with E-state index in [2.05, 4.69) is 21.2 Å². The van der Waals surface area contributed by atoms with Crippen LogP contribution in [0.4, 0.5) is 0 Å². The van der Waals surface area contributed by atoms with Crippen LogP contribution < -0.4 is 19.5 Å². The number of rotatable bonds is 9. The van der Waals surface area contributed by atoms with Gasteiger partial charge >= 0.3 is 0 Å². The molecule has 2 rings (SSSR count). The summed E-state index contributed by atoms with van der Waals surface area (Å²) in [6, 6.07) is 13.1. The minimum atomic E-state index is -0.0253. The van der Waals surface area contributed by atoms with E-state index in [4.69, 9.17) is 14.2 Å². The highest BCUT2D eigenvalue weighted by Crippen LogP contribution is 2.23. The summed E-state index contributed by atoms with van der Waals surface area (Å²) in [6.07, 6.45) is 1.05. The van der Waals surface area contributed by atoms with Crippen LogP contribution in [0.25, 0.3) is 0 Å². The van der Waals surface area contributed by atoms with Gasteiger partial charge in [0, 0.05) is 23.0 Å². The Morgan fingerprint density at radius 3 is 2.64 bits per heavy atom. The molecule has 0 saturated carbocycles. The summed E-state index contributed by atoms with van der Waals surface area (Å²) in [5.74, 6) is 2.21. The SMILES string of the molecule is COc1ccc(OC)c(CNC(=O)CCCOc2cccc(Br)c2)c1. The van der Waals surface area contributed by atoms with Gasteiger partial charge < -0.3 is 19.5 Å². The zero-order chi connectivity index (χ0) is 18.1. The number of ether oxygens (including phenoxy) is 3. The Kier molecular flexibility index (Phi) is 7.60. The van der Waals surface area contributed by atoms with E-state index in [0.717, 1.165) is 27.3 Å². The van der Waals surface area contributed by atoms with Crippen molar-refractivity contribution in [2.75, 3.05) is 20.8 Å². The van der Waals surface area contributed by atoms with Gasteiger partial charge in [-0.25, -0.2) is 0 Å². The molecule has 0 aliphatic rings. The van der Waals surface area contributed by atoms with Crippen LogP contribution in [0.1, 0.15) is 18.4 Å². The molecule has 5 nitrogen and oxygen atoms in total. The number of hydrogen-bond acceptors (Lipinski definition) is 4. The monoisotopic (exact) mass is 407 g/mol. The van der Waals surface area contributed by atoms with Crippen molar-refractivity contribution in [3.05, 3.63) is 52.5 Å². The minimum Gasteiger partial charge on any atom is -0.497 e. The predicted molar refractivity (Wildman–Crippen MR) is 100 cm³/mol. The Balaban J connectivity index is 1.74. The van der Waals surface area contributed by atoms with E-state index >= 15 is 0 Å². The van der Waals surface area contributed by atoms with Crippen LogP contribution in [0.5, 0.6) is 17.2 Å². The number of carbonyl (C=O) groups is 1. The first kappa shape index (κ1) is 19.1. The van der Waals surface area contributed by atoms with Crippen molar-refractivity contribution in [2.24, 2.45) is 0 Å². The molecule has 0 atom stereocenters. The molecule has 0 bridgehead atoms. The average molecular weight is 408 g/mol. The highest BCUT2D eigenvalue weighted by atomic mass is 79.9. The van der Waals surface area contributed by atoms with Crippen molar-refractivity contribution in [1.29, 1.82) is 0 Å². The molecule has 0 aliphatic heterocycles. The second-order valence-electron chi connectivity index (χ2n) is 5.36.